The molecule has 2 aromatic heterocycles. The second-order valence-corrected chi connectivity index (χ2v) is 6.32. The van der Waals surface area contributed by atoms with E-state index < -0.39 is 12.1 Å². The minimum absolute atomic E-state index is 0.169. The minimum atomic E-state index is -0.545. The molecule has 1 aromatic carbocycles. The third-order valence-corrected chi connectivity index (χ3v) is 4.78. The zero-order valence-corrected chi connectivity index (χ0v) is 14.2. The predicted molar refractivity (Wildman–Crippen MR) is 91.1 cm³/mol. The molecule has 3 aromatic rings. The van der Waals surface area contributed by atoms with Gasteiger partial charge in [-0.2, -0.15) is 0 Å². The SMILES string of the molecule is CC(=O)NC[C@@H](OC(=O)c1sc2nccn2c1C)c1ccccc1. The summed E-state index contributed by atoms with van der Waals surface area (Å²) in [5.41, 5.74) is 1.63. The molecule has 24 heavy (non-hydrogen) atoms. The van der Waals surface area contributed by atoms with Crippen LogP contribution in [0.25, 0.3) is 4.96 Å². The Bertz CT molecular complexity index is 870. The van der Waals surface area contributed by atoms with Gasteiger partial charge in [0.2, 0.25) is 5.91 Å². The molecule has 0 bridgehead atoms. The Balaban J connectivity index is 1.83. The highest BCUT2D eigenvalue weighted by molar-refractivity contribution is 7.19. The third-order valence-electron chi connectivity index (χ3n) is 3.63. The van der Waals surface area contributed by atoms with Crippen LogP contribution in [0.5, 0.6) is 0 Å². The van der Waals surface area contributed by atoms with Gasteiger partial charge in [0, 0.05) is 25.0 Å². The molecular weight excluding hydrogens is 326 g/mol. The molecule has 0 saturated heterocycles. The summed E-state index contributed by atoms with van der Waals surface area (Å²) in [7, 11) is 0. The van der Waals surface area contributed by atoms with E-state index in [2.05, 4.69) is 10.3 Å². The molecule has 0 aliphatic rings. The molecule has 2 heterocycles. The van der Waals surface area contributed by atoms with Gasteiger partial charge in [-0.05, 0) is 12.5 Å². The molecule has 6 nitrogen and oxygen atoms in total. The number of imidazole rings is 1. The number of ether oxygens (including phenoxy) is 1. The van der Waals surface area contributed by atoms with Gasteiger partial charge in [0.25, 0.3) is 0 Å². The van der Waals surface area contributed by atoms with Crippen LogP contribution in [-0.4, -0.2) is 27.8 Å². The van der Waals surface area contributed by atoms with Crippen molar-refractivity contribution >= 4 is 28.2 Å². The number of amides is 1. The molecular formula is C17H17N3O3S. The van der Waals surface area contributed by atoms with Crippen LogP contribution in [-0.2, 0) is 9.53 Å². The van der Waals surface area contributed by atoms with Crippen molar-refractivity contribution in [2.45, 2.75) is 20.0 Å². The van der Waals surface area contributed by atoms with Gasteiger partial charge in [0.05, 0.1) is 6.54 Å². The lowest BCUT2D eigenvalue weighted by atomic mass is 10.1. The van der Waals surface area contributed by atoms with Gasteiger partial charge in [-0.3, -0.25) is 9.20 Å². The fourth-order valence-electron chi connectivity index (χ4n) is 2.40. The van der Waals surface area contributed by atoms with Crippen LogP contribution < -0.4 is 5.32 Å². The Morgan fingerprint density at radius 1 is 1.33 bits per heavy atom. The number of thiazole rings is 1. The van der Waals surface area contributed by atoms with Gasteiger partial charge in [-0.15, -0.1) is 0 Å². The van der Waals surface area contributed by atoms with Crippen molar-refractivity contribution < 1.29 is 14.3 Å². The number of esters is 1. The van der Waals surface area contributed by atoms with Crippen LogP contribution in [0, 0.1) is 6.92 Å². The van der Waals surface area contributed by atoms with Gasteiger partial charge < -0.3 is 10.1 Å². The molecule has 0 unspecified atom stereocenters. The number of hydrogen-bond donors (Lipinski definition) is 1. The van der Waals surface area contributed by atoms with Gasteiger partial charge >= 0.3 is 5.97 Å². The van der Waals surface area contributed by atoms with E-state index in [1.807, 2.05) is 47.9 Å². The monoisotopic (exact) mass is 343 g/mol. The van der Waals surface area contributed by atoms with E-state index in [9.17, 15) is 9.59 Å². The Hall–Kier alpha value is -2.67. The quantitative estimate of drug-likeness (QED) is 0.723. The highest BCUT2D eigenvalue weighted by Crippen LogP contribution is 2.25. The maximum Gasteiger partial charge on any atom is 0.350 e. The van der Waals surface area contributed by atoms with Crippen molar-refractivity contribution in [1.29, 1.82) is 0 Å². The zero-order chi connectivity index (χ0) is 17.1. The summed E-state index contributed by atoms with van der Waals surface area (Å²) in [5.74, 6) is -0.583. The lowest BCUT2D eigenvalue weighted by molar-refractivity contribution is -0.119. The highest BCUT2D eigenvalue weighted by atomic mass is 32.1. The normalized spacial score (nSPS) is 12.1. The second kappa shape index (κ2) is 6.84. The molecule has 0 fully saturated rings. The standard InChI is InChI=1S/C17H17N3O3S/c1-11-15(24-17-18-8-9-20(11)17)16(22)23-14(10-19-12(2)21)13-6-4-3-5-7-13/h3-9,14H,10H2,1-2H3,(H,19,21)/t14-/m1/s1. The first-order valence-corrected chi connectivity index (χ1v) is 8.30. The Kier molecular flexibility index (Phi) is 4.61. The zero-order valence-electron chi connectivity index (χ0n) is 13.4. The Morgan fingerprint density at radius 2 is 2.08 bits per heavy atom. The Morgan fingerprint density at radius 3 is 2.75 bits per heavy atom. The first-order chi connectivity index (χ1) is 11.6. The number of fused-ring (bicyclic) bond motifs is 1. The maximum atomic E-state index is 12.6. The molecule has 124 valence electrons. The number of nitrogens with zero attached hydrogens (tertiary/aromatic N) is 2. The molecule has 0 spiro atoms. The number of carbonyl (C=O) groups is 2. The molecule has 7 heteroatoms. The van der Waals surface area contributed by atoms with Crippen LogP contribution in [0.3, 0.4) is 0 Å². The molecule has 0 saturated carbocycles. The molecule has 0 aliphatic carbocycles. The van der Waals surface area contributed by atoms with Crippen molar-refractivity contribution in [3.8, 4) is 0 Å². The lowest BCUT2D eigenvalue weighted by Crippen LogP contribution is -2.28. The van der Waals surface area contributed by atoms with Crippen molar-refractivity contribution in [3.63, 3.8) is 0 Å². The maximum absolute atomic E-state index is 12.6. The van der Waals surface area contributed by atoms with Crippen LogP contribution in [0.1, 0.15) is 34.0 Å². The number of rotatable bonds is 5. The average Bonchev–Trinajstić information content (AvgIpc) is 3.15. The van der Waals surface area contributed by atoms with E-state index in [0.29, 0.717) is 4.88 Å². The van der Waals surface area contributed by atoms with Crippen molar-refractivity contribution in [2.24, 2.45) is 0 Å². The van der Waals surface area contributed by atoms with E-state index in [1.54, 1.807) is 6.20 Å². The van der Waals surface area contributed by atoms with Crippen molar-refractivity contribution in [3.05, 3.63) is 58.9 Å². The number of aryl methyl sites for hydroxylation is 1. The highest BCUT2D eigenvalue weighted by Gasteiger charge is 2.22. The third kappa shape index (κ3) is 3.30. The second-order valence-electron chi connectivity index (χ2n) is 5.34. The summed E-state index contributed by atoms with van der Waals surface area (Å²) in [6.45, 7) is 3.52. The summed E-state index contributed by atoms with van der Waals surface area (Å²) in [6.07, 6.45) is 2.96. The fourth-order valence-corrected chi connectivity index (χ4v) is 3.37. The minimum Gasteiger partial charge on any atom is -0.451 e. The smallest absolute Gasteiger partial charge is 0.350 e. The number of carbonyl (C=O) groups excluding carboxylic acids is 2. The van der Waals surface area contributed by atoms with Crippen LogP contribution in [0.15, 0.2) is 42.7 Å². The molecule has 1 amide bonds. The number of benzene rings is 1. The van der Waals surface area contributed by atoms with E-state index in [1.165, 1.54) is 18.3 Å². The van der Waals surface area contributed by atoms with Crippen LogP contribution >= 0.6 is 11.3 Å². The van der Waals surface area contributed by atoms with Crippen LogP contribution in [0.2, 0.25) is 0 Å². The number of nitrogens with one attached hydrogen (secondary N) is 1. The summed E-state index contributed by atoms with van der Waals surface area (Å²) in [5, 5.41) is 2.71. The summed E-state index contributed by atoms with van der Waals surface area (Å²) in [6, 6.07) is 9.36. The molecule has 0 radical (unpaired) electrons. The summed E-state index contributed by atoms with van der Waals surface area (Å²) >= 11 is 1.29. The van der Waals surface area contributed by atoms with Crippen molar-refractivity contribution in [2.75, 3.05) is 6.54 Å². The molecule has 1 N–H and O–H groups in total. The first-order valence-electron chi connectivity index (χ1n) is 7.49. The fraction of sp³-hybridized carbons (Fsp3) is 0.235. The van der Waals surface area contributed by atoms with E-state index in [-0.39, 0.29) is 12.5 Å². The van der Waals surface area contributed by atoms with E-state index in [4.69, 9.17) is 4.74 Å². The largest absolute Gasteiger partial charge is 0.451 e. The topological polar surface area (TPSA) is 72.7 Å². The van der Waals surface area contributed by atoms with Gasteiger partial charge in [0.1, 0.15) is 11.0 Å². The lowest BCUT2D eigenvalue weighted by Gasteiger charge is -2.18. The summed E-state index contributed by atoms with van der Waals surface area (Å²) < 4.78 is 7.52. The number of hydrogen-bond acceptors (Lipinski definition) is 5. The average molecular weight is 343 g/mol. The summed E-state index contributed by atoms with van der Waals surface area (Å²) in [4.78, 5) is 29.3. The number of aromatic nitrogens is 2. The van der Waals surface area contributed by atoms with E-state index >= 15 is 0 Å². The van der Waals surface area contributed by atoms with Gasteiger partial charge in [0.15, 0.2) is 4.96 Å². The van der Waals surface area contributed by atoms with Crippen LogP contribution in [0.4, 0.5) is 0 Å². The van der Waals surface area contributed by atoms with Gasteiger partial charge in [-0.25, -0.2) is 9.78 Å². The first kappa shape index (κ1) is 16.2. The molecule has 0 aliphatic heterocycles. The van der Waals surface area contributed by atoms with Gasteiger partial charge in [-0.1, -0.05) is 41.7 Å². The Labute approximate surface area is 143 Å². The predicted octanol–water partition coefficient (Wildman–Crippen LogP) is 2.74. The van der Waals surface area contributed by atoms with Crippen molar-refractivity contribution in [1.82, 2.24) is 14.7 Å². The van der Waals surface area contributed by atoms with E-state index in [0.717, 1.165) is 16.2 Å². The molecule has 1 atom stereocenters. The molecule has 3 rings (SSSR count).